The lowest BCUT2D eigenvalue weighted by molar-refractivity contribution is 1.72. The molecule has 0 fully saturated rings. The van der Waals surface area contributed by atoms with Crippen LogP contribution >= 0.6 is 34.3 Å². The van der Waals surface area contributed by atoms with Crippen LogP contribution in [0.15, 0.2) is 91.0 Å². The van der Waals surface area contributed by atoms with Crippen LogP contribution in [0.1, 0.15) is 0 Å². The van der Waals surface area contributed by atoms with Crippen molar-refractivity contribution in [1.29, 1.82) is 0 Å². The molecule has 0 unspecified atom stereocenters. The number of fused-ring (bicyclic) bond motifs is 8. The van der Waals surface area contributed by atoms with Gasteiger partial charge < -0.3 is 0 Å². The maximum Gasteiger partial charge on any atom is 0.0505 e. The van der Waals surface area contributed by atoms with Gasteiger partial charge in [-0.3, -0.25) is 0 Å². The Morgan fingerprint density at radius 3 is 2.19 bits per heavy atom. The van der Waals surface area contributed by atoms with Crippen molar-refractivity contribution in [3.8, 4) is 11.1 Å². The zero-order valence-corrected chi connectivity index (χ0v) is 18.7. The van der Waals surface area contributed by atoms with Crippen molar-refractivity contribution in [2.75, 3.05) is 0 Å². The van der Waals surface area contributed by atoms with E-state index in [1.54, 1.807) is 0 Å². The number of halogens is 1. The van der Waals surface area contributed by atoms with Crippen molar-refractivity contribution >= 4 is 85.4 Å². The van der Waals surface area contributed by atoms with Crippen LogP contribution < -0.4 is 0 Å². The van der Waals surface area contributed by atoms with Crippen molar-refractivity contribution in [3.05, 3.63) is 96.0 Å². The summed E-state index contributed by atoms with van der Waals surface area (Å²) < 4.78 is 5.23. The maximum absolute atomic E-state index is 6.73. The third-order valence-electron chi connectivity index (χ3n) is 6.13. The van der Waals surface area contributed by atoms with Gasteiger partial charge in [0.25, 0.3) is 0 Å². The molecule has 31 heavy (non-hydrogen) atoms. The Bertz CT molecular complexity index is 1800. The molecule has 0 saturated heterocycles. The third kappa shape index (κ3) is 2.59. The predicted octanol–water partition coefficient (Wildman–Crippen LogP) is 9.90. The standard InChI is InChI=1S/C28H15ClS2/c29-23-14-18-5-1-2-6-19(18)28-27(23)21-11-9-17(15-26(21)31-28)16-10-12-25-22(13-16)20-7-3-4-8-24(20)30-25/h1-15H. The molecule has 0 N–H and O–H groups in total. The van der Waals surface area contributed by atoms with Gasteiger partial charge in [0.15, 0.2) is 0 Å². The van der Waals surface area contributed by atoms with Crippen LogP contribution in [0.4, 0.5) is 0 Å². The minimum Gasteiger partial charge on any atom is -0.135 e. The fourth-order valence-electron chi connectivity index (χ4n) is 4.65. The number of benzene rings is 5. The maximum atomic E-state index is 6.73. The smallest absolute Gasteiger partial charge is 0.0505 e. The molecule has 0 aliphatic heterocycles. The van der Waals surface area contributed by atoms with Gasteiger partial charge in [-0.1, -0.05) is 72.3 Å². The molecule has 7 rings (SSSR count). The lowest BCUT2D eigenvalue weighted by Gasteiger charge is -2.04. The van der Waals surface area contributed by atoms with Gasteiger partial charge in [0.1, 0.15) is 0 Å². The topological polar surface area (TPSA) is 0 Å². The van der Waals surface area contributed by atoms with Gasteiger partial charge in [-0.05, 0) is 52.2 Å². The van der Waals surface area contributed by atoms with Crippen LogP contribution in [0.3, 0.4) is 0 Å². The molecule has 3 heteroatoms. The Labute approximate surface area is 191 Å². The van der Waals surface area contributed by atoms with Gasteiger partial charge in [-0.25, -0.2) is 0 Å². The molecule has 5 aromatic carbocycles. The average Bonchev–Trinajstić information content (AvgIpc) is 3.37. The van der Waals surface area contributed by atoms with Crippen LogP contribution in [-0.4, -0.2) is 0 Å². The fraction of sp³-hybridized carbons (Fsp3) is 0. The Morgan fingerprint density at radius 2 is 1.26 bits per heavy atom. The van der Waals surface area contributed by atoms with Gasteiger partial charge in [0, 0.05) is 40.3 Å². The van der Waals surface area contributed by atoms with Crippen molar-refractivity contribution < 1.29 is 0 Å². The summed E-state index contributed by atoms with van der Waals surface area (Å²) in [4.78, 5) is 0. The first kappa shape index (κ1) is 17.7. The van der Waals surface area contributed by atoms with Crippen molar-refractivity contribution in [1.82, 2.24) is 0 Å². The van der Waals surface area contributed by atoms with Gasteiger partial charge in [-0.15, -0.1) is 22.7 Å². The quantitative estimate of drug-likeness (QED) is 0.233. The second-order valence-corrected chi connectivity index (χ2v) is 10.4. The van der Waals surface area contributed by atoms with Gasteiger partial charge in [0.05, 0.1) is 5.02 Å². The SMILES string of the molecule is Clc1cc2ccccc2c2sc3cc(-c4ccc5sc6ccccc6c5c4)ccc3c12. The largest absolute Gasteiger partial charge is 0.135 e. The first-order valence-corrected chi connectivity index (χ1v) is 12.2. The molecule has 0 nitrogen and oxygen atoms in total. The van der Waals surface area contributed by atoms with E-state index in [0.717, 1.165) is 5.02 Å². The van der Waals surface area contributed by atoms with E-state index in [9.17, 15) is 0 Å². The minimum absolute atomic E-state index is 0.832. The molecule has 2 heterocycles. The molecule has 0 spiro atoms. The normalized spacial score (nSPS) is 12.0. The summed E-state index contributed by atoms with van der Waals surface area (Å²) >= 11 is 10.4. The molecule has 2 aromatic heterocycles. The molecule has 0 atom stereocenters. The Balaban J connectivity index is 1.48. The highest BCUT2D eigenvalue weighted by Gasteiger charge is 2.14. The Hall–Kier alpha value is -2.91. The van der Waals surface area contributed by atoms with Gasteiger partial charge in [-0.2, -0.15) is 0 Å². The molecule has 0 aliphatic rings. The first-order valence-electron chi connectivity index (χ1n) is 10.2. The zero-order valence-electron chi connectivity index (χ0n) is 16.4. The third-order valence-corrected chi connectivity index (χ3v) is 8.76. The Morgan fingerprint density at radius 1 is 0.516 bits per heavy atom. The number of rotatable bonds is 1. The summed E-state index contributed by atoms with van der Waals surface area (Å²) in [6.07, 6.45) is 0. The van der Waals surface area contributed by atoms with Gasteiger partial charge >= 0.3 is 0 Å². The summed E-state index contributed by atoms with van der Waals surface area (Å²) in [5, 5.41) is 8.39. The van der Waals surface area contributed by atoms with Crippen LogP contribution in [0.2, 0.25) is 5.02 Å². The molecule has 0 saturated carbocycles. The summed E-state index contributed by atoms with van der Waals surface area (Å²) in [5.74, 6) is 0. The van der Waals surface area contributed by atoms with E-state index in [4.69, 9.17) is 11.6 Å². The molecule has 0 radical (unpaired) electrons. The molecule has 7 aromatic rings. The highest BCUT2D eigenvalue weighted by atomic mass is 35.5. The van der Waals surface area contributed by atoms with E-state index >= 15 is 0 Å². The van der Waals surface area contributed by atoms with E-state index in [1.807, 2.05) is 22.7 Å². The van der Waals surface area contributed by atoms with Crippen molar-refractivity contribution in [3.63, 3.8) is 0 Å². The summed E-state index contributed by atoms with van der Waals surface area (Å²) in [7, 11) is 0. The van der Waals surface area contributed by atoms with E-state index < -0.39 is 0 Å². The second kappa shape index (κ2) is 6.54. The van der Waals surface area contributed by atoms with Crippen LogP contribution in [0.25, 0.3) is 62.2 Å². The highest BCUT2D eigenvalue weighted by molar-refractivity contribution is 7.27. The van der Waals surface area contributed by atoms with Crippen LogP contribution in [-0.2, 0) is 0 Å². The predicted molar refractivity (Wildman–Crippen MR) is 140 cm³/mol. The molecular weight excluding hydrogens is 436 g/mol. The number of hydrogen-bond acceptors (Lipinski definition) is 2. The fourth-order valence-corrected chi connectivity index (χ4v) is 7.41. The zero-order chi connectivity index (χ0) is 20.5. The van der Waals surface area contributed by atoms with Crippen LogP contribution in [0, 0.1) is 0 Å². The number of thiophene rings is 2. The second-order valence-electron chi connectivity index (χ2n) is 7.91. The van der Waals surface area contributed by atoms with E-state index in [2.05, 4.69) is 91.0 Å². The average molecular weight is 451 g/mol. The lowest BCUT2D eigenvalue weighted by Crippen LogP contribution is -1.78. The van der Waals surface area contributed by atoms with E-state index in [0.29, 0.717) is 0 Å². The van der Waals surface area contributed by atoms with Crippen LogP contribution in [0.5, 0.6) is 0 Å². The summed E-state index contributed by atoms with van der Waals surface area (Å²) in [6, 6.07) is 32.9. The monoisotopic (exact) mass is 450 g/mol. The molecule has 0 amide bonds. The first-order chi connectivity index (χ1) is 15.3. The van der Waals surface area contributed by atoms with Crippen molar-refractivity contribution in [2.45, 2.75) is 0 Å². The molecular formula is C28H15ClS2. The van der Waals surface area contributed by atoms with E-state index in [1.165, 1.54) is 62.2 Å². The minimum atomic E-state index is 0.832. The van der Waals surface area contributed by atoms with E-state index in [-0.39, 0.29) is 0 Å². The lowest BCUT2D eigenvalue weighted by atomic mass is 10.0. The highest BCUT2D eigenvalue weighted by Crippen LogP contribution is 2.44. The van der Waals surface area contributed by atoms with Crippen molar-refractivity contribution in [2.24, 2.45) is 0 Å². The Kier molecular flexibility index (Phi) is 3.74. The summed E-state index contributed by atoms with van der Waals surface area (Å²) in [5.41, 5.74) is 2.50. The molecule has 146 valence electrons. The number of hydrogen-bond donors (Lipinski definition) is 0. The van der Waals surface area contributed by atoms with Gasteiger partial charge in [0.2, 0.25) is 0 Å². The molecule has 0 aliphatic carbocycles. The molecule has 0 bridgehead atoms. The summed E-state index contributed by atoms with van der Waals surface area (Å²) in [6.45, 7) is 0.